The summed E-state index contributed by atoms with van der Waals surface area (Å²) in [5, 5.41) is 13.7. The molecule has 1 saturated heterocycles. The van der Waals surface area contributed by atoms with Gasteiger partial charge in [-0.05, 0) is 37.1 Å². The molecule has 1 heterocycles. The number of aromatic hydroxyl groups is 1. The molecule has 1 aliphatic heterocycles. The molecule has 21 heavy (non-hydrogen) atoms. The average molecular weight is 303 g/mol. The summed E-state index contributed by atoms with van der Waals surface area (Å²) in [6.45, 7) is 2.83. The Bertz CT molecular complexity index is 624. The Morgan fingerprint density at radius 2 is 1.86 bits per heavy atom. The Morgan fingerprint density at radius 3 is 2.67 bits per heavy atom. The second kappa shape index (κ2) is 6.27. The van der Waals surface area contributed by atoms with Crippen molar-refractivity contribution >= 4 is 23.0 Å². The lowest BCUT2D eigenvalue weighted by Gasteiger charge is -2.18. The summed E-state index contributed by atoms with van der Waals surface area (Å²) in [6.07, 6.45) is 2.54. The zero-order valence-electron chi connectivity index (χ0n) is 11.8. The van der Waals surface area contributed by atoms with Gasteiger partial charge in [-0.15, -0.1) is 0 Å². The highest BCUT2D eigenvalue weighted by Gasteiger charge is 2.12. The maximum atomic E-state index is 9.92. The Kier molecular flexibility index (Phi) is 4.20. The van der Waals surface area contributed by atoms with Crippen LogP contribution in [0.4, 0.5) is 11.4 Å². The highest BCUT2D eigenvalue weighted by atomic mass is 35.5. The number of anilines is 2. The fourth-order valence-corrected chi connectivity index (χ4v) is 2.88. The SMILES string of the molecule is Oc1c(Cl)cccc1CNc1cccc(N2CCCC2)c1. The molecular formula is C17H19ClN2O. The van der Waals surface area contributed by atoms with Gasteiger partial charge in [0.25, 0.3) is 0 Å². The second-order valence-electron chi connectivity index (χ2n) is 5.35. The molecule has 2 aromatic rings. The summed E-state index contributed by atoms with van der Waals surface area (Å²) < 4.78 is 0. The van der Waals surface area contributed by atoms with E-state index in [9.17, 15) is 5.11 Å². The molecule has 0 spiro atoms. The number of para-hydroxylation sites is 1. The van der Waals surface area contributed by atoms with Gasteiger partial charge in [0.2, 0.25) is 0 Å². The van der Waals surface area contributed by atoms with Gasteiger partial charge in [0.1, 0.15) is 5.75 Å². The molecule has 3 rings (SSSR count). The first-order chi connectivity index (χ1) is 10.2. The quantitative estimate of drug-likeness (QED) is 0.886. The van der Waals surface area contributed by atoms with E-state index in [1.165, 1.54) is 18.5 Å². The fraction of sp³-hybridized carbons (Fsp3) is 0.294. The third kappa shape index (κ3) is 3.24. The summed E-state index contributed by atoms with van der Waals surface area (Å²) in [6, 6.07) is 13.8. The van der Waals surface area contributed by atoms with Crippen molar-refractivity contribution in [2.45, 2.75) is 19.4 Å². The molecule has 1 fully saturated rings. The average Bonchev–Trinajstić information content (AvgIpc) is 3.03. The third-order valence-electron chi connectivity index (χ3n) is 3.87. The number of halogens is 1. The van der Waals surface area contributed by atoms with Crippen molar-refractivity contribution in [1.82, 2.24) is 0 Å². The van der Waals surface area contributed by atoms with Crippen LogP contribution in [0.2, 0.25) is 5.02 Å². The minimum Gasteiger partial charge on any atom is -0.506 e. The van der Waals surface area contributed by atoms with E-state index < -0.39 is 0 Å². The number of hydrogen-bond acceptors (Lipinski definition) is 3. The summed E-state index contributed by atoms with van der Waals surface area (Å²) >= 11 is 5.92. The lowest BCUT2D eigenvalue weighted by Crippen LogP contribution is -2.17. The van der Waals surface area contributed by atoms with E-state index in [0.29, 0.717) is 11.6 Å². The summed E-state index contributed by atoms with van der Waals surface area (Å²) in [7, 11) is 0. The number of benzene rings is 2. The van der Waals surface area contributed by atoms with Gasteiger partial charge in [-0.1, -0.05) is 29.8 Å². The van der Waals surface area contributed by atoms with Crippen LogP contribution >= 0.6 is 11.6 Å². The Labute approximate surface area is 130 Å². The molecule has 2 N–H and O–H groups in total. The van der Waals surface area contributed by atoms with Gasteiger partial charge in [0.15, 0.2) is 0 Å². The standard InChI is InChI=1S/C17H19ClN2O/c18-16-8-3-5-13(17(16)21)12-19-14-6-4-7-15(11-14)20-9-1-2-10-20/h3-8,11,19,21H,1-2,9-10,12H2. The minimum atomic E-state index is 0.155. The molecule has 0 unspecified atom stereocenters. The molecule has 3 nitrogen and oxygen atoms in total. The van der Waals surface area contributed by atoms with Crippen LogP contribution < -0.4 is 10.2 Å². The number of nitrogens with one attached hydrogen (secondary N) is 1. The smallest absolute Gasteiger partial charge is 0.139 e. The first kappa shape index (κ1) is 14.1. The van der Waals surface area contributed by atoms with Gasteiger partial charge in [-0.2, -0.15) is 0 Å². The van der Waals surface area contributed by atoms with Crippen LogP contribution in [-0.2, 0) is 6.54 Å². The van der Waals surface area contributed by atoms with Gasteiger partial charge in [-0.3, -0.25) is 0 Å². The van der Waals surface area contributed by atoms with Crippen LogP contribution in [0.1, 0.15) is 18.4 Å². The normalized spacial score (nSPS) is 14.4. The van der Waals surface area contributed by atoms with Crippen LogP contribution in [0, 0.1) is 0 Å². The van der Waals surface area contributed by atoms with E-state index >= 15 is 0 Å². The van der Waals surface area contributed by atoms with Crippen molar-refractivity contribution in [3.8, 4) is 5.75 Å². The topological polar surface area (TPSA) is 35.5 Å². The molecule has 2 aromatic carbocycles. The molecule has 0 aliphatic carbocycles. The van der Waals surface area contributed by atoms with Gasteiger partial charge < -0.3 is 15.3 Å². The van der Waals surface area contributed by atoms with Crippen molar-refractivity contribution in [3.05, 3.63) is 53.1 Å². The molecule has 4 heteroatoms. The van der Waals surface area contributed by atoms with E-state index in [4.69, 9.17) is 11.6 Å². The maximum absolute atomic E-state index is 9.92. The summed E-state index contributed by atoms with van der Waals surface area (Å²) in [4.78, 5) is 2.40. The first-order valence-corrected chi connectivity index (χ1v) is 7.67. The Balaban J connectivity index is 1.70. The van der Waals surface area contributed by atoms with E-state index in [1.54, 1.807) is 6.07 Å². The Hall–Kier alpha value is -1.87. The predicted octanol–water partition coefficient (Wildman–Crippen LogP) is 4.26. The highest BCUT2D eigenvalue weighted by Crippen LogP contribution is 2.28. The second-order valence-corrected chi connectivity index (χ2v) is 5.75. The lowest BCUT2D eigenvalue weighted by molar-refractivity contribution is 0.469. The first-order valence-electron chi connectivity index (χ1n) is 7.29. The largest absolute Gasteiger partial charge is 0.506 e. The lowest BCUT2D eigenvalue weighted by atomic mass is 10.2. The molecule has 0 atom stereocenters. The van der Waals surface area contributed by atoms with Gasteiger partial charge in [0, 0.05) is 36.6 Å². The molecular weight excluding hydrogens is 284 g/mol. The molecule has 110 valence electrons. The third-order valence-corrected chi connectivity index (χ3v) is 4.18. The number of hydrogen-bond donors (Lipinski definition) is 2. The monoisotopic (exact) mass is 302 g/mol. The van der Waals surface area contributed by atoms with Crippen LogP contribution in [0.5, 0.6) is 5.75 Å². The molecule has 1 aliphatic rings. The molecule has 0 amide bonds. The molecule has 0 bridgehead atoms. The fourth-order valence-electron chi connectivity index (χ4n) is 2.69. The summed E-state index contributed by atoms with van der Waals surface area (Å²) in [5.74, 6) is 0.155. The maximum Gasteiger partial charge on any atom is 0.139 e. The number of nitrogens with zero attached hydrogens (tertiary/aromatic N) is 1. The highest BCUT2D eigenvalue weighted by molar-refractivity contribution is 6.32. The molecule has 0 aromatic heterocycles. The zero-order chi connectivity index (χ0) is 14.7. The Morgan fingerprint density at radius 1 is 1.10 bits per heavy atom. The van der Waals surface area contributed by atoms with Crippen LogP contribution in [0.15, 0.2) is 42.5 Å². The van der Waals surface area contributed by atoms with Crippen LogP contribution in [0.3, 0.4) is 0 Å². The van der Waals surface area contributed by atoms with E-state index in [0.717, 1.165) is 24.3 Å². The predicted molar refractivity (Wildman–Crippen MR) is 88.3 cm³/mol. The van der Waals surface area contributed by atoms with Crippen LogP contribution in [0.25, 0.3) is 0 Å². The van der Waals surface area contributed by atoms with E-state index in [1.807, 2.05) is 18.2 Å². The van der Waals surface area contributed by atoms with Gasteiger partial charge in [-0.25, -0.2) is 0 Å². The van der Waals surface area contributed by atoms with Gasteiger partial charge >= 0.3 is 0 Å². The minimum absolute atomic E-state index is 0.155. The number of phenols is 1. The summed E-state index contributed by atoms with van der Waals surface area (Å²) in [5.41, 5.74) is 3.11. The van der Waals surface area contributed by atoms with E-state index in [2.05, 4.69) is 28.4 Å². The molecule has 0 saturated carbocycles. The molecule has 0 radical (unpaired) electrons. The van der Waals surface area contributed by atoms with Crippen molar-refractivity contribution in [3.63, 3.8) is 0 Å². The van der Waals surface area contributed by atoms with Gasteiger partial charge in [0.05, 0.1) is 5.02 Å². The van der Waals surface area contributed by atoms with Crippen molar-refractivity contribution in [1.29, 1.82) is 0 Å². The number of phenolic OH excluding ortho intramolecular Hbond substituents is 1. The van der Waals surface area contributed by atoms with Crippen molar-refractivity contribution in [2.24, 2.45) is 0 Å². The zero-order valence-corrected chi connectivity index (χ0v) is 12.6. The van der Waals surface area contributed by atoms with Crippen LogP contribution in [-0.4, -0.2) is 18.2 Å². The van der Waals surface area contributed by atoms with Crippen molar-refractivity contribution in [2.75, 3.05) is 23.3 Å². The van der Waals surface area contributed by atoms with E-state index in [-0.39, 0.29) is 5.75 Å². The van der Waals surface area contributed by atoms with Crippen molar-refractivity contribution < 1.29 is 5.11 Å². The number of rotatable bonds is 4.